The van der Waals surface area contributed by atoms with Crippen LogP contribution in [0.4, 0.5) is 11.4 Å². The third kappa shape index (κ3) is 3.42. The summed E-state index contributed by atoms with van der Waals surface area (Å²) >= 11 is 0. The fourth-order valence-corrected chi connectivity index (χ4v) is 2.60. The Balaban J connectivity index is 2.38. The molecule has 0 saturated heterocycles. The van der Waals surface area contributed by atoms with Crippen LogP contribution in [0.3, 0.4) is 0 Å². The van der Waals surface area contributed by atoms with Crippen molar-refractivity contribution in [2.45, 2.75) is 46.3 Å². The maximum atomic E-state index is 11.2. The first-order valence-corrected chi connectivity index (χ1v) is 7.30. The number of nitro groups is 1. The number of rotatable bonds is 3. The highest BCUT2D eigenvalue weighted by Gasteiger charge is 2.28. The van der Waals surface area contributed by atoms with Crippen LogP contribution in [0, 0.1) is 10.1 Å². The van der Waals surface area contributed by atoms with E-state index in [0.29, 0.717) is 11.7 Å². The van der Waals surface area contributed by atoms with Crippen LogP contribution in [0.25, 0.3) is 0 Å². The van der Waals surface area contributed by atoms with E-state index in [1.807, 2.05) is 6.07 Å². The number of para-hydroxylation sites is 1. The van der Waals surface area contributed by atoms with Gasteiger partial charge in [0.2, 0.25) is 0 Å². The first-order valence-electron chi connectivity index (χ1n) is 7.30. The van der Waals surface area contributed by atoms with Crippen molar-refractivity contribution < 1.29 is 4.92 Å². The van der Waals surface area contributed by atoms with E-state index in [9.17, 15) is 10.1 Å². The molecule has 114 valence electrons. The largest absolute Gasteiger partial charge is 0.375 e. The van der Waals surface area contributed by atoms with Gasteiger partial charge >= 0.3 is 0 Å². The highest BCUT2D eigenvalue weighted by atomic mass is 16.6. The normalized spacial score (nSPS) is 21.9. The molecule has 2 rings (SSSR count). The fourth-order valence-electron chi connectivity index (χ4n) is 2.60. The third-order valence-electron chi connectivity index (χ3n) is 4.10. The SMILES string of the molecule is CC(C)=CCN1Cc2cccc([N+](=O)[O-])c2NC(C)C1C. The average Bonchev–Trinajstić information content (AvgIpc) is 2.54. The quantitative estimate of drug-likeness (QED) is 0.525. The molecular formula is C16H23N3O2. The average molecular weight is 289 g/mol. The molecular weight excluding hydrogens is 266 g/mol. The van der Waals surface area contributed by atoms with Gasteiger partial charge in [-0.25, -0.2) is 0 Å². The Bertz CT molecular complexity index is 565. The van der Waals surface area contributed by atoms with Crippen molar-refractivity contribution in [2.75, 3.05) is 11.9 Å². The van der Waals surface area contributed by atoms with Crippen molar-refractivity contribution in [3.8, 4) is 0 Å². The summed E-state index contributed by atoms with van der Waals surface area (Å²) in [5.41, 5.74) is 3.10. The fraction of sp³-hybridized carbons (Fsp3) is 0.500. The van der Waals surface area contributed by atoms with Gasteiger partial charge in [-0.15, -0.1) is 0 Å². The van der Waals surface area contributed by atoms with Crippen LogP contribution < -0.4 is 5.32 Å². The second-order valence-electron chi connectivity index (χ2n) is 5.95. The van der Waals surface area contributed by atoms with Crippen molar-refractivity contribution >= 4 is 11.4 Å². The molecule has 0 bridgehead atoms. The molecule has 1 aliphatic heterocycles. The lowest BCUT2D eigenvalue weighted by Crippen LogP contribution is -2.41. The molecule has 2 unspecified atom stereocenters. The molecule has 1 heterocycles. The second kappa shape index (κ2) is 6.26. The lowest BCUT2D eigenvalue weighted by atomic mass is 10.1. The van der Waals surface area contributed by atoms with Gasteiger partial charge in [-0.05, 0) is 33.3 Å². The van der Waals surface area contributed by atoms with Crippen LogP contribution >= 0.6 is 0 Å². The summed E-state index contributed by atoms with van der Waals surface area (Å²) in [5.74, 6) is 0. The van der Waals surface area contributed by atoms with Gasteiger partial charge in [-0.3, -0.25) is 15.0 Å². The first kappa shape index (κ1) is 15.5. The second-order valence-corrected chi connectivity index (χ2v) is 5.95. The van der Waals surface area contributed by atoms with Gasteiger partial charge in [-0.1, -0.05) is 23.8 Å². The zero-order chi connectivity index (χ0) is 15.6. The number of fused-ring (bicyclic) bond motifs is 1. The van der Waals surface area contributed by atoms with E-state index in [0.717, 1.165) is 18.7 Å². The van der Waals surface area contributed by atoms with Gasteiger partial charge in [0.15, 0.2) is 0 Å². The van der Waals surface area contributed by atoms with E-state index in [-0.39, 0.29) is 16.7 Å². The molecule has 0 aliphatic carbocycles. The first-order chi connectivity index (χ1) is 9.90. The maximum absolute atomic E-state index is 11.2. The van der Waals surface area contributed by atoms with Crippen LogP contribution in [0.2, 0.25) is 0 Å². The zero-order valence-corrected chi connectivity index (χ0v) is 13.1. The number of hydrogen-bond donors (Lipinski definition) is 1. The van der Waals surface area contributed by atoms with Gasteiger partial charge in [0.25, 0.3) is 5.69 Å². The Hall–Kier alpha value is -1.88. The van der Waals surface area contributed by atoms with Crippen LogP contribution in [0.15, 0.2) is 29.8 Å². The number of anilines is 1. The third-order valence-corrected chi connectivity index (χ3v) is 4.10. The molecule has 2 atom stereocenters. The molecule has 1 aliphatic rings. The molecule has 5 nitrogen and oxygen atoms in total. The molecule has 0 amide bonds. The van der Waals surface area contributed by atoms with Crippen molar-refractivity contribution in [3.63, 3.8) is 0 Å². The summed E-state index contributed by atoms with van der Waals surface area (Å²) in [5, 5.41) is 14.5. The molecule has 0 saturated carbocycles. The Morgan fingerprint density at radius 3 is 2.81 bits per heavy atom. The highest BCUT2D eigenvalue weighted by Crippen LogP contribution is 2.33. The lowest BCUT2D eigenvalue weighted by molar-refractivity contribution is -0.384. The van der Waals surface area contributed by atoms with Gasteiger partial charge in [0, 0.05) is 31.2 Å². The van der Waals surface area contributed by atoms with Gasteiger partial charge in [-0.2, -0.15) is 0 Å². The monoisotopic (exact) mass is 289 g/mol. The standard InChI is InChI=1S/C16H23N3O2/c1-11(2)8-9-18-10-14-6-5-7-15(19(20)21)16(14)17-12(3)13(18)4/h5-8,12-13,17H,9-10H2,1-4H3. The minimum Gasteiger partial charge on any atom is -0.375 e. The molecule has 5 heteroatoms. The number of nitrogens with zero attached hydrogens (tertiary/aromatic N) is 2. The summed E-state index contributed by atoms with van der Waals surface area (Å²) in [7, 11) is 0. The highest BCUT2D eigenvalue weighted by molar-refractivity contribution is 5.67. The molecule has 1 N–H and O–H groups in total. The molecule has 1 aromatic rings. The minimum atomic E-state index is -0.311. The summed E-state index contributed by atoms with van der Waals surface area (Å²) in [4.78, 5) is 13.2. The molecule has 0 aromatic heterocycles. The van der Waals surface area contributed by atoms with Crippen molar-refractivity contribution in [1.82, 2.24) is 4.90 Å². The van der Waals surface area contributed by atoms with E-state index >= 15 is 0 Å². The van der Waals surface area contributed by atoms with Crippen LogP contribution in [0.5, 0.6) is 0 Å². The Kier molecular flexibility index (Phi) is 4.63. The number of allylic oxidation sites excluding steroid dienone is 1. The van der Waals surface area contributed by atoms with Gasteiger partial charge < -0.3 is 5.32 Å². The van der Waals surface area contributed by atoms with E-state index in [2.05, 4.69) is 44.0 Å². The maximum Gasteiger partial charge on any atom is 0.292 e. The minimum absolute atomic E-state index is 0.151. The molecule has 0 spiro atoms. The van der Waals surface area contributed by atoms with Crippen LogP contribution in [-0.4, -0.2) is 28.5 Å². The van der Waals surface area contributed by atoms with Gasteiger partial charge in [0.1, 0.15) is 5.69 Å². The van der Waals surface area contributed by atoms with Crippen molar-refractivity contribution in [1.29, 1.82) is 0 Å². The van der Waals surface area contributed by atoms with Crippen LogP contribution in [0.1, 0.15) is 33.3 Å². The summed E-state index contributed by atoms with van der Waals surface area (Å²) in [6.45, 7) is 9.99. The molecule has 1 aromatic carbocycles. The van der Waals surface area contributed by atoms with E-state index < -0.39 is 0 Å². The van der Waals surface area contributed by atoms with E-state index in [1.54, 1.807) is 12.1 Å². The predicted octanol–water partition coefficient (Wildman–Crippen LogP) is 3.57. The summed E-state index contributed by atoms with van der Waals surface area (Å²) < 4.78 is 0. The zero-order valence-electron chi connectivity index (χ0n) is 13.1. The molecule has 0 radical (unpaired) electrons. The Labute approximate surface area is 125 Å². The number of nitro benzene ring substituents is 1. The number of nitrogens with one attached hydrogen (secondary N) is 1. The van der Waals surface area contributed by atoms with Gasteiger partial charge in [0.05, 0.1) is 4.92 Å². The van der Waals surface area contributed by atoms with Crippen LogP contribution in [-0.2, 0) is 6.54 Å². The van der Waals surface area contributed by atoms with Crippen molar-refractivity contribution in [2.24, 2.45) is 0 Å². The smallest absolute Gasteiger partial charge is 0.292 e. The van der Waals surface area contributed by atoms with Crippen molar-refractivity contribution in [3.05, 3.63) is 45.5 Å². The molecule has 21 heavy (non-hydrogen) atoms. The summed E-state index contributed by atoms with van der Waals surface area (Å²) in [6.07, 6.45) is 2.20. The Morgan fingerprint density at radius 1 is 1.48 bits per heavy atom. The topological polar surface area (TPSA) is 58.4 Å². The Morgan fingerprint density at radius 2 is 2.19 bits per heavy atom. The molecule has 0 fully saturated rings. The lowest BCUT2D eigenvalue weighted by Gasteiger charge is -2.29. The van der Waals surface area contributed by atoms with E-state index in [4.69, 9.17) is 0 Å². The number of benzene rings is 1. The number of hydrogen-bond acceptors (Lipinski definition) is 4. The predicted molar refractivity (Wildman–Crippen MR) is 85.5 cm³/mol. The van der Waals surface area contributed by atoms with E-state index in [1.165, 1.54) is 5.57 Å². The summed E-state index contributed by atoms with van der Waals surface area (Å²) in [6, 6.07) is 5.74.